The molecule has 0 bridgehead atoms. The first-order valence-corrected chi connectivity index (χ1v) is 7.81. The van der Waals surface area contributed by atoms with Gasteiger partial charge in [-0.1, -0.05) is 11.6 Å². The quantitative estimate of drug-likeness (QED) is 0.926. The zero-order valence-corrected chi connectivity index (χ0v) is 12.7. The highest BCUT2D eigenvalue weighted by Gasteiger charge is 2.19. The number of furan rings is 1. The van der Waals surface area contributed by atoms with E-state index in [4.69, 9.17) is 21.2 Å². The third-order valence-corrected chi connectivity index (χ3v) is 4.20. The first-order chi connectivity index (χ1) is 9.79. The van der Waals surface area contributed by atoms with Gasteiger partial charge in [-0.2, -0.15) is 0 Å². The number of nitrogens with zero attached hydrogens (tertiary/aromatic N) is 1. The Balaban J connectivity index is 2.27. The van der Waals surface area contributed by atoms with Crippen molar-refractivity contribution in [3.8, 4) is 0 Å². The van der Waals surface area contributed by atoms with Gasteiger partial charge in [0.25, 0.3) is 5.91 Å². The molecule has 1 aromatic carbocycles. The van der Waals surface area contributed by atoms with Gasteiger partial charge < -0.3 is 9.32 Å². The van der Waals surface area contributed by atoms with Crippen molar-refractivity contribution >= 4 is 27.5 Å². The second-order valence-corrected chi connectivity index (χ2v) is 6.37. The van der Waals surface area contributed by atoms with Gasteiger partial charge in [-0.15, -0.1) is 0 Å². The van der Waals surface area contributed by atoms with Crippen molar-refractivity contribution in [3.63, 3.8) is 0 Å². The fourth-order valence-electron chi connectivity index (χ4n) is 1.78. The highest BCUT2D eigenvalue weighted by Crippen LogP contribution is 2.22. The molecule has 8 heteroatoms. The van der Waals surface area contributed by atoms with Crippen molar-refractivity contribution in [3.05, 3.63) is 52.9 Å². The lowest BCUT2D eigenvalue weighted by Crippen LogP contribution is -2.26. The van der Waals surface area contributed by atoms with Crippen LogP contribution in [0, 0.1) is 0 Å². The molecule has 1 aromatic heterocycles. The minimum atomic E-state index is -3.99. The van der Waals surface area contributed by atoms with Crippen LogP contribution in [0.5, 0.6) is 0 Å². The number of benzene rings is 1. The lowest BCUT2D eigenvalue weighted by atomic mass is 10.2. The number of nitrogens with two attached hydrogens (primary N) is 1. The van der Waals surface area contributed by atoms with Crippen molar-refractivity contribution in [1.82, 2.24) is 4.90 Å². The van der Waals surface area contributed by atoms with Crippen LogP contribution in [0.2, 0.25) is 5.02 Å². The van der Waals surface area contributed by atoms with Crippen LogP contribution >= 0.6 is 11.6 Å². The summed E-state index contributed by atoms with van der Waals surface area (Å²) in [6, 6.07) is 7.39. The van der Waals surface area contributed by atoms with Crippen LogP contribution in [0.15, 0.2) is 45.9 Å². The first-order valence-electron chi connectivity index (χ1n) is 5.89. The Morgan fingerprint density at radius 2 is 2.10 bits per heavy atom. The van der Waals surface area contributed by atoms with E-state index in [0.717, 1.165) is 0 Å². The van der Waals surface area contributed by atoms with Gasteiger partial charge in [0.05, 0.1) is 17.8 Å². The Morgan fingerprint density at radius 1 is 1.38 bits per heavy atom. The summed E-state index contributed by atoms with van der Waals surface area (Å²) in [4.78, 5) is 13.4. The first kappa shape index (κ1) is 15.6. The van der Waals surface area contributed by atoms with E-state index in [1.165, 1.54) is 29.4 Å². The van der Waals surface area contributed by atoms with Crippen LogP contribution in [0.4, 0.5) is 0 Å². The van der Waals surface area contributed by atoms with Gasteiger partial charge in [0.2, 0.25) is 10.0 Å². The Hall–Kier alpha value is -1.83. The highest BCUT2D eigenvalue weighted by molar-refractivity contribution is 7.89. The van der Waals surface area contributed by atoms with Gasteiger partial charge in [-0.05, 0) is 30.3 Å². The van der Waals surface area contributed by atoms with Gasteiger partial charge in [-0.25, -0.2) is 13.6 Å². The SMILES string of the molecule is CN(Cc1ccco1)C(=O)c1ccc(Cl)c(S(N)(=O)=O)c1. The van der Waals surface area contributed by atoms with E-state index >= 15 is 0 Å². The van der Waals surface area contributed by atoms with Crippen molar-refractivity contribution in [1.29, 1.82) is 0 Å². The largest absolute Gasteiger partial charge is 0.467 e. The predicted molar refractivity (Wildman–Crippen MR) is 77.3 cm³/mol. The van der Waals surface area contributed by atoms with E-state index in [0.29, 0.717) is 5.76 Å². The number of carbonyl (C=O) groups excluding carboxylic acids is 1. The molecule has 0 atom stereocenters. The van der Waals surface area contributed by atoms with Crippen molar-refractivity contribution in [2.75, 3.05) is 7.05 Å². The van der Waals surface area contributed by atoms with Crippen LogP contribution in [0.25, 0.3) is 0 Å². The van der Waals surface area contributed by atoms with E-state index in [-0.39, 0.29) is 27.9 Å². The number of hydrogen-bond donors (Lipinski definition) is 1. The summed E-state index contributed by atoms with van der Waals surface area (Å²) in [5.74, 6) is 0.249. The summed E-state index contributed by atoms with van der Waals surface area (Å²) in [5.41, 5.74) is 0.178. The topological polar surface area (TPSA) is 93.6 Å². The van der Waals surface area contributed by atoms with E-state index in [1.54, 1.807) is 19.2 Å². The van der Waals surface area contributed by atoms with Crippen LogP contribution < -0.4 is 5.14 Å². The molecule has 0 unspecified atom stereocenters. The number of carbonyl (C=O) groups is 1. The number of rotatable bonds is 4. The summed E-state index contributed by atoms with van der Waals surface area (Å²) in [7, 11) is -2.41. The molecule has 0 aliphatic carbocycles. The van der Waals surface area contributed by atoms with Gasteiger partial charge in [-0.3, -0.25) is 4.79 Å². The number of halogens is 1. The molecule has 1 heterocycles. The van der Waals surface area contributed by atoms with Crippen LogP contribution in [0.1, 0.15) is 16.1 Å². The molecular formula is C13H13ClN2O4S. The van der Waals surface area contributed by atoms with Gasteiger partial charge in [0.1, 0.15) is 10.7 Å². The maximum atomic E-state index is 12.3. The fraction of sp³-hybridized carbons (Fsp3) is 0.154. The van der Waals surface area contributed by atoms with Crippen molar-refractivity contribution in [2.24, 2.45) is 5.14 Å². The fourth-order valence-corrected chi connectivity index (χ4v) is 2.85. The molecule has 0 spiro atoms. The molecule has 0 aliphatic heterocycles. The summed E-state index contributed by atoms with van der Waals surface area (Å²) in [6.45, 7) is 0.263. The average molecular weight is 329 g/mol. The lowest BCUT2D eigenvalue weighted by Gasteiger charge is -2.16. The second kappa shape index (κ2) is 5.88. The smallest absolute Gasteiger partial charge is 0.254 e. The number of sulfonamides is 1. The highest BCUT2D eigenvalue weighted by atomic mass is 35.5. The van der Waals surface area contributed by atoms with Gasteiger partial charge in [0.15, 0.2) is 0 Å². The van der Waals surface area contributed by atoms with E-state index < -0.39 is 10.0 Å². The molecule has 2 aromatic rings. The number of hydrogen-bond acceptors (Lipinski definition) is 4. The molecule has 0 radical (unpaired) electrons. The third-order valence-electron chi connectivity index (χ3n) is 2.80. The van der Waals surface area contributed by atoms with Crippen molar-refractivity contribution in [2.45, 2.75) is 11.4 Å². The number of amides is 1. The van der Waals surface area contributed by atoms with Crippen LogP contribution in [-0.2, 0) is 16.6 Å². The minimum Gasteiger partial charge on any atom is -0.467 e. The van der Waals surface area contributed by atoms with E-state index in [2.05, 4.69) is 0 Å². The predicted octanol–water partition coefficient (Wildman–Crippen LogP) is 1.85. The molecule has 6 nitrogen and oxygen atoms in total. The molecule has 21 heavy (non-hydrogen) atoms. The lowest BCUT2D eigenvalue weighted by molar-refractivity contribution is 0.0775. The molecule has 2 rings (SSSR count). The molecular weight excluding hydrogens is 316 g/mol. The zero-order chi connectivity index (χ0) is 15.6. The van der Waals surface area contributed by atoms with E-state index in [1.807, 2.05) is 0 Å². The maximum absolute atomic E-state index is 12.3. The van der Waals surface area contributed by atoms with Crippen LogP contribution in [-0.4, -0.2) is 26.3 Å². The number of primary sulfonamides is 1. The third kappa shape index (κ3) is 3.63. The normalized spacial score (nSPS) is 11.4. The summed E-state index contributed by atoms with van der Waals surface area (Å²) < 4.78 is 28.0. The maximum Gasteiger partial charge on any atom is 0.254 e. The van der Waals surface area contributed by atoms with Gasteiger partial charge in [0, 0.05) is 12.6 Å². The van der Waals surface area contributed by atoms with Crippen LogP contribution in [0.3, 0.4) is 0 Å². The van der Waals surface area contributed by atoms with Gasteiger partial charge >= 0.3 is 0 Å². The summed E-state index contributed by atoms with van der Waals surface area (Å²) in [6.07, 6.45) is 1.51. The molecule has 0 saturated heterocycles. The Morgan fingerprint density at radius 3 is 2.67 bits per heavy atom. The monoisotopic (exact) mass is 328 g/mol. The molecule has 1 amide bonds. The molecule has 0 saturated carbocycles. The second-order valence-electron chi connectivity index (χ2n) is 4.43. The zero-order valence-electron chi connectivity index (χ0n) is 11.1. The minimum absolute atomic E-state index is 0.0252. The average Bonchev–Trinajstić information content (AvgIpc) is 2.90. The molecule has 112 valence electrons. The summed E-state index contributed by atoms with van der Waals surface area (Å²) in [5, 5.41) is 5.04. The molecule has 0 fully saturated rings. The Bertz CT molecular complexity index is 756. The standard InChI is InChI=1S/C13H13ClN2O4S/c1-16(8-10-3-2-6-20-10)13(17)9-4-5-11(14)12(7-9)21(15,18)19/h2-7H,8H2,1H3,(H2,15,18,19). The van der Waals surface area contributed by atoms with E-state index in [9.17, 15) is 13.2 Å². The summed E-state index contributed by atoms with van der Waals surface area (Å²) >= 11 is 5.78. The Labute approximate surface area is 127 Å². The van der Waals surface area contributed by atoms with Crippen molar-refractivity contribution < 1.29 is 17.6 Å². The molecule has 0 aliphatic rings. The Kier molecular flexibility index (Phi) is 4.36. The molecule has 2 N–H and O–H groups in total.